The third-order valence-electron chi connectivity index (χ3n) is 1.82. The maximum atomic E-state index is 13.3. The minimum absolute atomic E-state index is 0. The molecule has 0 spiro atoms. The molecular formula is C8H9BF4KN. The van der Waals surface area contributed by atoms with Gasteiger partial charge in [-0.2, -0.15) is 0 Å². The average Bonchev–Trinajstić information content (AvgIpc) is 2.01. The molecule has 1 aromatic rings. The number of aromatic nitrogens is 1. The number of alkyl halides is 1. The van der Waals surface area contributed by atoms with Gasteiger partial charge in [-0.15, -0.1) is 0 Å². The molecule has 1 nitrogen and oxygen atoms in total. The van der Waals surface area contributed by atoms with Crippen LogP contribution in [0.15, 0.2) is 18.5 Å². The Hall–Kier alpha value is 0.571. The van der Waals surface area contributed by atoms with Gasteiger partial charge in [0.05, 0.1) is 0 Å². The van der Waals surface area contributed by atoms with Crippen LogP contribution in [0.5, 0.6) is 0 Å². The number of pyridine rings is 1. The van der Waals surface area contributed by atoms with E-state index in [2.05, 4.69) is 4.98 Å². The molecular weight excluding hydrogens is 236 g/mol. The van der Waals surface area contributed by atoms with E-state index in [9.17, 15) is 17.3 Å². The predicted molar refractivity (Wildman–Crippen MR) is 47.1 cm³/mol. The normalized spacial score (nSPS) is 12.1. The zero-order valence-electron chi connectivity index (χ0n) is 8.77. The van der Waals surface area contributed by atoms with Crippen LogP contribution in [0.25, 0.3) is 0 Å². The Morgan fingerprint density at radius 1 is 1.20 bits per heavy atom. The summed E-state index contributed by atoms with van der Waals surface area (Å²) >= 11 is 0. The van der Waals surface area contributed by atoms with Crippen LogP contribution >= 0.6 is 0 Å². The van der Waals surface area contributed by atoms with Crippen LogP contribution in [0.1, 0.15) is 19.4 Å². The predicted octanol–water partition coefficient (Wildman–Crippen LogP) is -0.655. The first kappa shape index (κ1) is 15.6. The summed E-state index contributed by atoms with van der Waals surface area (Å²) in [5, 5.41) is 0. The zero-order valence-corrected chi connectivity index (χ0v) is 11.9. The number of halogens is 4. The van der Waals surface area contributed by atoms with Crippen LogP contribution < -0.4 is 56.8 Å². The van der Waals surface area contributed by atoms with Crippen molar-refractivity contribution in [1.82, 2.24) is 4.98 Å². The molecule has 0 amide bonds. The third-order valence-corrected chi connectivity index (χ3v) is 1.82. The van der Waals surface area contributed by atoms with E-state index in [0.717, 1.165) is 12.3 Å². The second-order valence-corrected chi connectivity index (χ2v) is 3.55. The van der Waals surface area contributed by atoms with Crippen LogP contribution in [0.3, 0.4) is 0 Å². The molecule has 0 aromatic carbocycles. The topological polar surface area (TPSA) is 12.9 Å². The Balaban J connectivity index is 0.00000196. The molecule has 15 heavy (non-hydrogen) atoms. The van der Waals surface area contributed by atoms with E-state index in [1.54, 1.807) is 0 Å². The van der Waals surface area contributed by atoms with E-state index in [1.165, 1.54) is 13.8 Å². The summed E-state index contributed by atoms with van der Waals surface area (Å²) in [6.07, 6.45) is 1.81. The van der Waals surface area contributed by atoms with Gasteiger partial charge in [0.1, 0.15) is 5.67 Å². The van der Waals surface area contributed by atoms with Crippen LogP contribution in [0.2, 0.25) is 0 Å². The Kier molecular flexibility index (Phi) is 5.47. The van der Waals surface area contributed by atoms with Gasteiger partial charge in [-0.25, -0.2) is 4.39 Å². The summed E-state index contributed by atoms with van der Waals surface area (Å²) in [6.45, 7) is -2.72. The van der Waals surface area contributed by atoms with Gasteiger partial charge in [-0.1, -0.05) is 11.5 Å². The van der Waals surface area contributed by atoms with Crippen molar-refractivity contribution in [2.75, 3.05) is 0 Å². The molecule has 0 saturated heterocycles. The van der Waals surface area contributed by atoms with Gasteiger partial charge in [-0.05, 0) is 20.0 Å². The van der Waals surface area contributed by atoms with Crippen LogP contribution in [0, 0.1) is 0 Å². The molecule has 1 aromatic heterocycles. The van der Waals surface area contributed by atoms with Crippen molar-refractivity contribution < 1.29 is 68.7 Å². The SMILES string of the molecule is CC(C)(F)c1cncc([B-](F)(F)F)c1.[K+]. The fraction of sp³-hybridized carbons (Fsp3) is 0.375. The molecule has 0 radical (unpaired) electrons. The fourth-order valence-electron chi connectivity index (χ4n) is 0.962. The van der Waals surface area contributed by atoms with E-state index >= 15 is 0 Å². The summed E-state index contributed by atoms with van der Waals surface area (Å²) in [4.78, 5) is 3.37. The number of hydrogen-bond donors (Lipinski definition) is 0. The Bertz CT molecular complexity index is 305. The van der Waals surface area contributed by atoms with Crippen molar-refractivity contribution in [2.45, 2.75) is 19.5 Å². The molecule has 0 N–H and O–H groups in total. The van der Waals surface area contributed by atoms with E-state index < -0.39 is 18.1 Å². The Morgan fingerprint density at radius 3 is 2.13 bits per heavy atom. The van der Waals surface area contributed by atoms with Crippen molar-refractivity contribution in [3.63, 3.8) is 0 Å². The van der Waals surface area contributed by atoms with E-state index in [1.807, 2.05) is 0 Å². The monoisotopic (exact) mass is 245 g/mol. The summed E-state index contributed by atoms with van der Waals surface area (Å²) < 4.78 is 50.1. The molecule has 7 heteroatoms. The Labute approximate surface area is 128 Å². The average molecular weight is 245 g/mol. The molecule has 0 atom stereocenters. The van der Waals surface area contributed by atoms with E-state index in [0.29, 0.717) is 6.20 Å². The molecule has 0 aliphatic carbocycles. The van der Waals surface area contributed by atoms with Gasteiger partial charge >= 0.3 is 58.4 Å². The smallest absolute Gasteiger partial charge is 0.445 e. The second kappa shape index (κ2) is 5.27. The van der Waals surface area contributed by atoms with Gasteiger partial charge in [0, 0.05) is 11.8 Å². The maximum Gasteiger partial charge on any atom is 1.00 e. The summed E-state index contributed by atoms with van der Waals surface area (Å²) in [7, 11) is 0. The van der Waals surface area contributed by atoms with Gasteiger partial charge in [0.25, 0.3) is 0 Å². The minimum Gasteiger partial charge on any atom is -0.445 e. The largest absolute Gasteiger partial charge is 1.00 e. The van der Waals surface area contributed by atoms with Gasteiger partial charge in [-0.3, -0.25) is 4.98 Å². The molecule has 1 heterocycles. The molecule has 0 aliphatic heterocycles. The van der Waals surface area contributed by atoms with Crippen molar-refractivity contribution in [1.29, 1.82) is 0 Å². The molecule has 0 bridgehead atoms. The quantitative estimate of drug-likeness (QED) is 0.498. The van der Waals surface area contributed by atoms with Crippen LogP contribution in [0.4, 0.5) is 17.3 Å². The first-order valence-corrected chi connectivity index (χ1v) is 4.05. The Morgan fingerprint density at radius 2 is 1.73 bits per heavy atom. The van der Waals surface area contributed by atoms with Gasteiger partial charge < -0.3 is 12.9 Å². The maximum absolute atomic E-state index is 13.3. The van der Waals surface area contributed by atoms with E-state index in [4.69, 9.17) is 0 Å². The first-order valence-electron chi connectivity index (χ1n) is 4.05. The number of nitrogens with zero attached hydrogens (tertiary/aromatic N) is 1. The number of hydrogen-bond acceptors (Lipinski definition) is 1. The van der Waals surface area contributed by atoms with Gasteiger partial charge in [0.2, 0.25) is 0 Å². The van der Waals surface area contributed by atoms with Crippen molar-refractivity contribution >= 4 is 12.4 Å². The summed E-state index contributed by atoms with van der Waals surface area (Å²) in [5.41, 5.74) is -2.73. The third kappa shape index (κ3) is 4.52. The van der Waals surface area contributed by atoms with Crippen molar-refractivity contribution in [3.05, 3.63) is 24.0 Å². The zero-order chi connectivity index (χ0) is 11.0. The molecule has 0 fully saturated rings. The minimum atomic E-state index is -5.11. The van der Waals surface area contributed by atoms with Gasteiger partial charge in [0.15, 0.2) is 0 Å². The van der Waals surface area contributed by atoms with E-state index in [-0.39, 0.29) is 56.9 Å². The van der Waals surface area contributed by atoms with Crippen molar-refractivity contribution in [2.24, 2.45) is 0 Å². The summed E-state index contributed by atoms with van der Waals surface area (Å²) in [6, 6.07) is 0.799. The molecule has 78 valence electrons. The molecule has 0 unspecified atom stereocenters. The van der Waals surface area contributed by atoms with Crippen molar-refractivity contribution in [3.8, 4) is 0 Å². The molecule has 1 rings (SSSR count). The molecule has 0 saturated carbocycles. The van der Waals surface area contributed by atoms with Crippen LogP contribution in [-0.4, -0.2) is 12.0 Å². The molecule has 0 aliphatic rings. The fourth-order valence-corrected chi connectivity index (χ4v) is 0.962. The first-order chi connectivity index (χ1) is 6.21. The number of rotatable bonds is 2. The second-order valence-electron chi connectivity index (χ2n) is 3.55. The van der Waals surface area contributed by atoms with Crippen LogP contribution in [-0.2, 0) is 5.67 Å². The summed E-state index contributed by atoms with van der Waals surface area (Å²) in [5.74, 6) is 0. The standard InChI is InChI=1S/C8H9BF4N.K/c1-8(2,10)6-3-7(5-14-4-6)9(11,12)13;/h3-5H,1-2H3;/q-1;+1.